The maximum absolute atomic E-state index is 14.4. The SMILES string of the molecule is COc1ccc(F)c(C2=CC3CCCC(C2)N3Cc2ccccc2)c1. The van der Waals surface area contributed by atoms with Crippen LogP contribution in [0, 0.1) is 5.82 Å². The van der Waals surface area contributed by atoms with Gasteiger partial charge in [0.25, 0.3) is 0 Å². The molecule has 0 N–H and O–H groups in total. The Kier molecular flexibility index (Phi) is 4.58. The van der Waals surface area contributed by atoms with Gasteiger partial charge < -0.3 is 4.74 Å². The van der Waals surface area contributed by atoms with E-state index < -0.39 is 0 Å². The lowest BCUT2D eigenvalue weighted by Crippen LogP contribution is -2.47. The molecule has 2 aromatic rings. The zero-order chi connectivity index (χ0) is 17.2. The van der Waals surface area contributed by atoms with Crippen LogP contribution in [0.4, 0.5) is 4.39 Å². The van der Waals surface area contributed by atoms with Crippen molar-refractivity contribution < 1.29 is 9.13 Å². The predicted octanol–water partition coefficient (Wildman–Crippen LogP) is 5.04. The zero-order valence-electron chi connectivity index (χ0n) is 14.6. The number of halogens is 1. The number of ether oxygens (including phenoxy) is 1. The van der Waals surface area contributed by atoms with E-state index in [-0.39, 0.29) is 5.82 Å². The summed E-state index contributed by atoms with van der Waals surface area (Å²) in [6, 6.07) is 16.6. The number of methoxy groups -OCH3 is 1. The van der Waals surface area contributed by atoms with Gasteiger partial charge in [-0.3, -0.25) is 4.90 Å². The van der Waals surface area contributed by atoms with Crippen LogP contribution in [0.5, 0.6) is 5.75 Å². The number of nitrogens with zero attached hydrogens (tertiary/aromatic N) is 1. The van der Waals surface area contributed by atoms with Crippen molar-refractivity contribution in [2.75, 3.05) is 7.11 Å². The van der Waals surface area contributed by atoms with Crippen molar-refractivity contribution in [2.24, 2.45) is 0 Å². The van der Waals surface area contributed by atoms with Crippen molar-refractivity contribution in [1.29, 1.82) is 0 Å². The van der Waals surface area contributed by atoms with Crippen LogP contribution in [0.1, 0.15) is 36.8 Å². The van der Waals surface area contributed by atoms with Crippen LogP contribution in [0.3, 0.4) is 0 Å². The highest BCUT2D eigenvalue weighted by Crippen LogP contribution is 2.39. The molecule has 2 aliphatic rings. The van der Waals surface area contributed by atoms with E-state index in [1.54, 1.807) is 13.2 Å². The van der Waals surface area contributed by atoms with Crippen LogP contribution in [-0.4, -0.2) is 24.1 Å². The van der Waals surface area contributed by atoms with E-state index in [1.807, 2.05) is 6.07 Å². The second kappa shape index (κ2) is 7.01. The van der Waals surface area contributed by atoms with Gasteiger partial charge in [-0.2, -0.15) is 0 Å². The van der Waals surface area contributed by atoms with Gasteiger partial charge in [-0.05, 0) is 48.6 Å². The van der Waals surface area contributed by atoms with E-state index in [0.717, 1.165) is 25.0 Å². The van der Waals surface area contributed by atoms with Gasteiger partial charge in [0.1, 0.15) is 11.6 Å². The van der Waals surface area contributed by atoms with Gasteiger partial charge in [-0.25, -0.2) is 4.39 Å². The van der Waals surface area contributed by atoms with Crippen LogP contribution in [0.25, 0.3) is 5.57 Å². The molecule has 0 radical (unpaired) electrons. The summed E-state index contributed by atoms with van der Waals surface area (Å²) in [6.45, 7) is 0.973. The second-order valence-corrected chi connectivity index (χ2v) is 7.05. The summed E-state index contributed by atoms with van der Waals surface area (Å²) in [4.78, 5) is 2.60. The smallest absolute Gasteiger partial charge is 0.130 e. The summed E-state index contributed by atoms with van der Waals surface area (Å²) in [7, 11) is 1.63. The van der Waals surface area contributed by atoms with Crippen LogP contribution >= 0.6 is 0 Å². The average Bonchev–Trinajstić information content (AvgIpc) is 2.63. The van der Waals surface area contributed by atoms with E-state index in [0.29, 0.717) is 23.4 Å². The molecule has 2 unspecified atom stereocenters. The van der Waals surface area contributed by atoms with Crippen LogP contribution in [0.15, 0.2) is 54.6 Å². The summed E-state index contributed by atoms with van der Waals surface area (Å²) in [5.41, 5.74) is 3.19. The molecule has 1 saturated heterocycles. The largest absolute Gasteiger partial charge is 0.497 e. The highest BCUT2D eigenvalue weighted by Gasteiger charge is 2.34. The van der Waals surface area contributed by atoms with E-state index in [4.69, 9.17) is 4.74 Å². The van der Waals surface area contributed by atoms with E-state index in [2.05, 4.69) is 41.3 Å². The summed E-state index contributed by atoms with van der Waals surface area (Å²) in [5, 5.41) is 0. The number of benzene rings is 2. The van der Waals surface area contributed by atoms with Crippen LogP contribution < -0.4 is 4.74 Å². The van der Waals surface area contributed by atoms with Crippen molar-refractivity contribution in [3.8, 4) is 5.75 Å². The number of hydrogen-bond acceptors (Lipinski definition) is 2. The lowest BCUT2D eigenvalue weighted by molar-refractivity contribution is 0.0950. The topological polar surface area (TPSA) is 12.5 Å². The summed E-state index contributed by atoms with van der Waals surface area (Å²) in [5.74, 6) is 0.566. The quantitative estimate of drug-likeness (QED) is 0.774. The van der Waals surface area contributed by atoms with Crippen LogP contribution in [-0.2, 0) is 6.54 Å². The molecule has 0 aliphatic carbocycles. The Hall–Kier alpha value is -2.13. The number of piperidine rings is 1. The summed E-state index contributed by atoms with van der Waals surface area (Å²) < 4.78 is 19.7. The molecule has 2 nitrogen and oxygen atoms in total. The fourth-order valence-electron chi connectivity index (χ4n) is 4.24. The third-order valence-corrected chi connectivity index (χ3v) is 5.51. The third-order valence-electron chi connectivity index (χ3n) is 5.51. The molecule has 2 bridgehead atoms. The lowest BCUT2D eigenvalue weighted by Gasteiger charge is -2.45. The molecule has 25 heavy (non-hydrogen) atoms. The Balaban J connectivity index is 1.63. The van der Waals surface area contributed by atoms with Gasteiger partial charge in [0, 0.05) is 24.2 Å². The summed E-state index contributed by atoms with van der Waals surface area (Å²) in [6.07, 6.45) is 6.79. The Bertz CT molecular complexity index is 771. The number of rotatable bonds is 4. The Morgan fingerprint density at radius 3 is 2.72 bits per heavy atom. The second-order valence-electron chi connectivity index (χ2n) is 7.05. The fourth-order valence-corrected chi connectivity index (χ4v) is 4.24. The Morgan fingerprint density at radius 1 is 1.12 bits per heavy atom. The minimum atomic E-state index is -0.151. The van der Waals surface area contributed by atoms with Gasteiger partial charge >= 0.3 is 0 Å². The molecule has 2 heterocycles. The first-order valence-electron chi connectivity index (χ1n) is 9.09. The normalized spacial score (nSPS) is 23.2. The van der Waals surface area contributed by atoms with Crippen molar-refractivity contribution in [3.63, 3.8) is 0 Å². The molecular weight excluding hydrogens is 313 g/mol. The first-order valence-corrected chi connectivity index (χ1v) is 9.09. The molecule has 3 heteroatoms. The van der Waals surface area contributed by atoms with E-state index >= 15 is 0 Å². The molecule has 0 spiro atoms. The molecule has 0 saturated carbocycles. The maximum Gasteiger partial charge on any atom is 0.130 e. The minimum absolute atomic E-state index is 0.151. The van der Waals surface area contributed by atoms with Gasteiger partial charge in [-0.15, -0.1) is 0 Å². The van der Waals surface area contributed by atoms with Gasteiger partial charge in [0.2, 0.25) is 0 Å². The zero-order valence-corrected chi connectivity index (χ0v) is 14.6. The van der Waals surface area contributed by atoms with Gasteiger partial charge in [0.05, 0.1) is 7.11 Å². The number of fused-ring (bicyclic) bond motifs is 2. The first kappa shape index (κ1) is 16.3. The van der Waals surface area contributed by atoms with E-state index in [9.17, 15) is 4.39 Å². The molecular formula is C22H24FNO. The maximum atomic E-state index is 14.4. The highest BCUT2D eigenvalue weighted by molar-refractivity contribution is 5.69. The highest BCUT2D eigenvalue weighted by atomic mass is 19.1. The molecule has 2 atom stereocenters. The number of hydrogen-bond donors (Lipinski definition) is 0. The molecule has 1 fully saturated rings. The monoisotopic (exact) mass is 337 g/mol. The van der Waals surface area contributed by atoms with Crippen LogP contribution in [0.2, 0.25) is 0 Å². The standard InChI is InChI=1S/C22H24FNO/c1-25-20-10-11-22(23)21(14-20)17-12-18-8-5-9-19(13-17)24(18)15-16-6-3-2-4-7-16/h2-4,6-7,10-12,14,18-19H,5,8-9,13,15H2,1H3. The average molecular weight is 337 g/mol. The van der Waals surface area contributed by atoms with Gasteiger partial charge in [-0.1, -0.05) is 42.8 Å². The Morgan fingerprint density at radius 2 is 1.96 bits per heavy atom. The summed E-state index contributed by atoms with van der Waals surface area (Å²) >= 11 is 0. The van der Waals surface area contributed by atoms with Crippen molar-refractivity contribution in [2.45, 2.75) is 44.3 Å². The van der Waals surface area contributed by atoms with E-state index in [1.165, 1.54) is 24.5 Å². The first-order chi connectivity index (χ1) is 12.2. The fraction of sp³-hybridized carbons (Fsp3) is 0.364. The van der Waals surface area contributed by atoms with Crippen molar-refractivity contribution in [3.05, 3.63) is 71.6 Å². The molecule has 0 amide bonds. The molecule has 130 valence electrons. The molecule has 0 aromatic heterocycles. The minimum Gasteiger partial charge on any atom is -0.497 e. The van der Waals surface area contributed by atoms with Crippen molar-refractivity contribution >= 4 is 5.57 Å². The molecule has 4 rings (SSSR count). The third kappa shape index (κ3) is 3.34. The molecule has 2 aliphatic heterocycles. The Labute approximate surface area is 148 Å². The predicted molar refractivity (Wildman–Crippen MR) is 99.0 cm³/mol. The van der Waals surface area contributed by atoms with Crippen molar-refractivity contribution in [1.82, 2.24) is 4.90 Å². The van der Waals surface area contributed by atoms with Gasteiger partial charge in [0.15, 0.2) is 0 Å². The lowest BCUT2D eigenvalue weighted by atomic mass is 9.82. The molecule has 2 aromatic carbocycles.